The molecule has 23 heavy (non-hydrogen) atoms. The fourth-order valence-electron chi connectivity index (χ4n) is 1.72. The van der Waals surface area contributed by atoms with E-state index in [1.54, 1.807) is 32.0 Å². The number of methoxy groups -OCH3 is 1. The molecule has 0 atom stereocenters. The summed E-state index contributed by atoms with van der Waals surface area (Å²) in [6.45, 7) is 1.73. The standard InChI is InChI=1S/C14H25ClN6O2/c1-19(2)13(22)9-18-14(16-6-7-23-5)20(3)10-12-17-8-11(15)21(12)4/h8H,6-7,9-10H2,1-5H3,(H,16,18). The van der Waals surface area contributed by atoms with E-state index in [1.165, 1.54) is 4.90 Å². The van der Waals surface area contributed by atoms with Crippen molar-refractivity contribution in [1.82, 2.24) is 24.7 Å². The molecule has 0 spiro atoms. The second-order valence-electron chi connectivity index (χ2n) is 5.26. The van der Waals surface area contributed by atoms with Crippen molar-refractivity contribution < 1.29 is 9.53 Å². The van der Waals surface area contributed by atoms with Gasteiger partial charge in [0.1, 0.15) is 17.5 Å². The molecule has 0 bridgehead atoms. The first-order valence-corrected chi connectivity index (χ1v) is 7.59. The molecule has 0 saturated carbocycles. The fraction of sp³-hybridized carbons (Fsp3) is 0.643. The van der Waals surface area contributed by atoms with Gasteiger partial charge in [-0.1, -0.05) is 11.6 Å². The van der Waals surface area contributed by atoms with Crippen molar-refractivity contribution in [2.24, 2.45) is 12.0 Å². The van der Waals surface area contributed by atoms with Crippen LogP contribution in [0.15, 0.2) is 11.2 Å². The number of carbonyl (C=O) groups is 1. The summed E-state index contributed by atoms with van der Waals surface area (Å²) in [5.74, 6) is 1.35. The Morgan fingerprint density at radius 3 is 2.70 bits per heavy atom. The van der Waals surface area contributed by atoms with E-state index in [1.807, 2.05) is 19.0 Å². The molecule has 0 aliphatic carbocycles. The predicted octanol–water partition coefficient (Wildman–Crippen LogP) is 0.186. The number of aliphatic imine (C=N–C) groups is 1. The van der Waals surface area contributed by atoms with Crippen molar-refractivity contribution in [3.63, 3.8) is 0 Å². The Hall–Kier alpha value is -1.80. The van der Waals surface area contributed by atoms with Gasteiger partial charge in [0.15, 0.2) is 5.96 Å². The number of amides is 1. The summed E-state index contributed by atoms with van der Waals surface area (Å²) in [7, 11) is 8.77. The number of ether oxygens (including phenoxy) is 1. The van der Waals surface area contributed by atoms with Gasteiger partial charge in [0.05, 0.1) is 19.3 Å². The average molecular weight is 345 g/mol. The summed E-state index contributed by atoms with van der Waals surface area (Å²) in [6, 6.07) is 0. The number of hydrogen-bond acceptors (Lipinski definition) is 4. The van der Waals surface area contributed by atoms with Gasteiger partial charge in [-0.25, -0.2) is 9.98 Å². The van der Waals surface area contributed by atoms with Crippen LogP contribution in [0.3, 0.4) is 0 Å². The van der Waals surface area contributed by atoms with Crippen LogP contribution in [0.5, 0.6) is 0 Å². The molecule has 1 aromatic heterocycles. The zero-order chi connectivity index (χ0) is 17.4. The van der Waals surface area contributed by atoms with Gasteiger partial charge in [0, 0.05) is 41.8 Å². The maximum absolute atomic E-state index is 11.7. The van der Waals surface area contributed by atoms with Gasteiger partial charge < -0.3 is 24.4 Å². The van der Waals surface area contributed by atoms with Crippen molar-refractivity contribution in [3.05, 3.63) is 17.2 Å². The molecule has 0 unspecified atom stereocenters. The van der Waals surface area contributed by atoms with E-state index in [-0.39, 0.29) is 12.5 Å². The Bertz CT molecular complexity index is 543. The largest absolute Gasteiger partial charge is 0.383 e. The number of nitrogens with one attached hydrogen (secondary N) is 1. The van der Waals surface area contributed by atoms with E-state index in [9.17, 15) is 4.79 Å². The van der Waals surface area contributed by atoms with Crippen LogP contribution in [0.25, 0.3) is 0 Å². The number of hydrogen-bond donors (Lipinski definition) is 1. The Morgan fingerprint density at radius 2 is 2.17 bits per heavy atom. The molecule has 9 heteroatoms. The van der Waals surface area contributed by atoms with Gasteiger partial charge in [-0.3, -0.25) is 4.79 Å². The highest BCUT2D eigenvalue weighted by Gasteiger charge is 2.12. The number of aromatic nitrogens is 2. The molecular formula is C14H25ClN6O2. The SMILES string of the molecule is COCCNC(=NCC(=O)N(C)C)N(C)Cc1ncc(Cl)n1C. The number of imidazole rings is 1. The number of carbonyl (C=O) groups excluding carboxylic acids is 1. The summed E-state index contributed by atoms with van der Waals surface area (Å²) in [4.78, 5) is 23.8. The van der Waals surface area contributed by atoms with Crippen LogP contribution in [-0.4, -0.2) is 79.2 Å². The summed E-state index contributed by atoms with van der Waals surface area (Å²) in [6.07, 6.45) is 1.61. The third-order valence-corrected chi connectivity index (χ3v) is 3.57. The quantitative estimate of drug-likeness (QED) is 0.434. The molecule has 1 aromatic rings. The number of nitrogens with zero attached hydrogens (tertiary/aromatic N) is 5. The summed E-state index contributed by atoms with van der Waals surface area (Å²) in [5.41, 5.74) is 0. The van der Waals surface area contributed by atoms with Crippen molar-refractivity contribution in [2.75, 3.05) is 47.9 Å². The molecule has 8 nitrogen and oxygen atoms in total. The van der Waals surface area contributed by atoms with Crippen molar-refractivity contribution in [1.29, 1.82) is 0 Å². The van der Waals surface area contributed by atoms with Crippen LogP contribution in [0.2, 0.25) is 5.15 Å². The lowest BCUT2D eigenvalue weighted by Gasteiger charge is -2.22. The first-order valence-electron chi connectivity index (χ1n) is 7.21. The minimum atomic E-state index is -0.0653. The van der Waals surface area contributed by atoms with E-state index in [4.69, 9.17) is 16.3 Å². The molecule has 0 aliphatic rings. The Kier molecular flexibility index (Phi) is 7.84. The third-order valence-electron chi connectivity index (χ3n) is 3.22. The van der Waals surface area contributed by atoms with Crippen LogP contribution >= 0.6 is 11.6 Å². The van der Waals surface area contributed by atoms with Crippen molar-refractivity contribution in [3.8, 4) is 0 Å². The highest BCUT2D eigenvalue weighted by molar-refractivity contribution is 6.29. The maximum Gasteiger partial charge on any atom is 0.243 e. The van der Waals surface area contributed by atoms with Crippen LogP contribution in [-0.2, 0) is 23.1 Å². The maximum atomic E-state index is 11.7. The minimum Gasteiger partial charge on any atom is -0.383 e. The molecule has 1 amide bonds. The minimum absolute atomic E-state index is 0.0653. The van der Waals surface area contributed by atoms with Crippen LogP contribution in [0.1, 0.15) is 5.82 Å². The zero-order valence-corrected chi connectivity index (χ0v) is 15.1. The molecule has 0 saturated heterocycles. The number of likely N-dealkylation sites (N-methyl/N-ethyl adjacent to an activating group) is 1. The monoisotopic (exact) mass is 344 g/mol. The number of rotatable bonds is 7. The zero-order valence-electron chi connectivity index (χ0n) is 14.3. The first kappa shape index (κ1) is 19.2. The van der Waals surface area contributed by atoms with Gasteiger partial charge in [-0.05, 0) is 0 Å². The predicted molar refractivity (Wildman–Crippen MR) is 90.6 cm³/mol. The molecule has 0 radical (unpaired) electrons. The van der Waals surface area contributed by atoms with E-state index < -0.39 is 0 Å². The molecule has 0 aromatic carbocycles. The fourth-order valence-corrected chi connectivity index (χ4v) is 1.86. The van der Waals surface area contributed by atoms with E-state index in [0.29, 0.717) is 30.8 Å². The second-order valence-corrected chi connectivity index (χ2v) is 5.65. The second kappa shape index (κ2) is 9.36. The summed E-state index contributed by atoms with van der Waals surface area (Å²) in [5, 5.41) is 3.74. The van der Waals surface area contributed by atoms with Crippen molar-refractivity contribution >= 4 is 23.5 Å². The van der Waals surface area contributed by atoms with E-state index in [0.717, 1.165) is 5.82 Å². The molecule has 1 rings (SSSR count). The topological polar surface area (TPSA) is 75.0 Å². The molecule has 1 heterocycles. The molecule has 0 aliphatic heterocycles. The lowest BCUT2D eigenvalue weighted by Crippen LogP contribution is -2.41. The molecular weight excluding hydrogens is 320 g/mol. The smallest absolute Gasteiger partial charge is 0.243 e. The third kappa shape index (κ3) is 6.07. The normalized spacial score (nSPS) is 11.5. The Balaban J connectivity index is 2.78. The van der Waals surface area contributed by atoms with E-state index in [2.05, 4.69) is 15.3 Å². The van der Waals surface area contributed by atoms with Crippen LogP contribution in [0, 0.1) is 0 Å². The molecule has 1 N–H and O–H groups in total. The molecule has 0 fully saturated rings. The van der Waals surface area contributed by atoms with Crippen molar-refractivity contribution in [2.45, 2.75) is 6.54 Å². The number of halogens is 1. The lowest BCUT2D eigenvalue weighted by atomic mass is 10.5. The van der Waals surface area contributed by atoms with Gasteiger partial charge in [0.25, 0.3) is 0 Å². The van der Waals surface area contributed by atoms with Crippen LogP contribution in [0.4, 0.5) is 0 Å². The highest BCUT2D eigenvalue weighted by atomic mass is 35.5. The summed E-state index contributed by atoms with van der Waals surface area (Å²) < 4.78 is 6.83. The highest BCUT2D eigenvalue weighted by Crippen LogP contribution is 2.10. The molecule has 130 valence electrons. The average Bonchev–Trinajstić information content (AvgIpc) is 2.82. The van der Waals surface area contributed by atoms with Gasteiger partial charge in [0.2, 0.25) is 5.91 Å². The van der Waals surface area contributed by atoms with Gasteiger partial charge in [-0.2, -0.15) is 0 Å². The first-order chi connectivity index (χ1) is 10.9. The van der Waals surface area contributed by atoms with Gasteiger partial charge in [-0.15, -0.1) is 0 Å². The Labute approximate surface area is 142 Å². The van der Waals surface area contributed by atoms with Crippen LogP contribution < -0.4 is 5.32 Å². The lowest BCUT2D eigenvalue weighted by molar-refractivity contribution is -0.127. The Morgan fingerprint density at radius 1 is 1.48 bits per heavy atom. The van der Waals surface area contributed by atoms with Gasteiger partial charge >= 0.3 is 0 Å². The number of guanidine groups is 1. The summed E-state index contributed by atoms with van der Waals surface area (Å²) >= 11 is 6.00. The van der Waals surface area contributed by atoms with E-state index >= 15 is 0 Å².